The van der Waals surface area contributed by atoms with Crippen LogP contribution in [0.1, 0.15) is 64.5 Å². The van der Waals surface area contributed by atoms with Crippen molar-refractivity contribution in [2.75, 3.05) is 25.1 Å². The summed E-state index contributed by atoms with van der Waals surface area (Å²) < 4.78 is 12.0. The van der Waals surface area contributed by atoms with Crippen LogP contribution in [-0.4, -0.2) is 20.2 Å². The van der Waals surface area contributed by atoms with Crippen molar-refractivity contribution in [3.8, 4) is 17.9 Å². The van der Waals surface area contributed by atoms with Crippen molar-refractivity contribution in [2.24, 2.45) is 0 Å². The van der Waals surface area contributed by atoms with Crippen molar-refractivity contribution in [3.63, 3.8) is 0 Å². The molecule has 41 heavy (non-hydrogen) atoms. The Hall–Kier alpha value is -4.48. The molecule has 1 aliphatic rings. The van der Waals surface area contributed by atoms with Crippen molar-refractivity contribution >= 4 is 11.8 Å². The van der Waals surface area contributed by atoms with Gasteiger partial charge >= 0.3 is 0 Å². The Morgan fingerprint density at radius 1 is 0.951 bits per heavy atom. The highest BCUT2D eigenvalue weighted by molar-refractivity contribution is 5.65. The van der Waals surface area contributed by atoms with Gasteiger partial charge in [0.25, 0.3) is 0 Å². The molecule has 0 amide bonds. The smallest absolute Gasteiger partial charge is 0.158 e. The van der Waals surface area contributed by atoms with Gasteiger partial charge in [0.2, 0.25) is 0 Å². The van der Waals surface area contributed by atoms with Crippen molar-refractivity contribution < 1.29 is 9.47 Å². The van der Waals surface area contributed by atoms with Crippen molar-refractivity contribution in [3.05, 3.63) is 113 Å². The number of hydrogen-bond acceptors (Lipinski definition) is 5. The molecule has 5 heteroatoms. The number of anilines is 1. The molecular formula is C36H41N3O2. The van der Waals surface area contributed by atoms with Gasteiger partial charge in [-0.2, -0.15) is 10.5 Å². The molecule has 1 unspecified atom stereocenters. The molecular weight excluding hydrogens is 506 g/mol. The Morgan fingerprint density at radius 2 is 1.61 bits per heavy atom. The highest BCUT2D eigenvalue weighted by Gasteiger charge is 2.43. The molecule has 1 heterocycles. The largest absolute Gasteiger partial charge is 0.496 e. The van der Waals surface area contributed by atoms with E-state index in [1.54, 1.807) is 14.0 Å². The van der Waals surface area contributed by atoms with Gasteiger partial charge in [-0.3, -0.25) is 0 Å². The molecule has 3 rings (SSSR count). The molecule has 1 atom stereocenters. The zero-order valence-electron chi connectivity index (χ0n) is 25.0. The molecule has 2 aromatic carbocycles. The summed E-state index contributed by atoms with van der Waals surface area (Å²) >= 11 is 0. The number of nitriles is 2. The van der Waals surface area contributed by atoms with Gasteiger partial charge < -0.3 is 14.4 Å². The molecule has 0 saturated heterocycles. The van der Waals surface area contributed by atoms with E-state index in [2.05, 4.69) is 49.1 Å². The Balaban J connectivity index is 1.83. The number of hydrogen-bond donors (Lipinski definition) is 0. The van der Waals surface area contributed by atoms with Crippen LogP contribution in [0, 0.1) is 22.7 Å². The molecule has 5 nitrogen and oxygen atoms in total. The highest BCUT2D eigenvalue weighted by atomic mass is 16.5. The first kappa shape index (κ1) is 31.1. The van der Waals surface area contributed by atoms with E-state index >= 15 is 0 Å². The van der Waals surface area contributed by atoms with Gasteiger partial charge in [0.1, 0.15) is 17.4 Å². The molecule has 0 bridgehead atoms. The van der Waals surface area contributed by atoms with Gasteiger partial charge in [0.05, 0.1) is 18.8 Å². The van der Waals surface area contributed by atoms with E-state index in [1.807, 2.05) is 73.7 Å². The SMILES string of the molecule is CCCCN(CCCC)c1ccc(/C=C/C=C/C=C/C2=C(C#N)C(=C(/C)C#N)/OC2(C)c2ccccc2)c(OC)c1. The minimum atomic E-state index is -0.878. The summed E-state index contributed by atoms with van der Waals surface area (Å²) in [7, 11) is 1.71. The minimum absolute atomic E-state index is 0.336. The number of methoxy groups -OCH3 is 1. The third-order valence-corrected chi connectivity index (χ3v) is 7.28. The van der Waals surface area contributed by atoms with Gasteiger partial charge in [0, 0.05) is 36.0 Å². The van der Waals surface area contributed by atoms with Crippen LogP contribution >= 0.6 is 0 Å². The summed E-state index contributed by atoms with van der Waals surface area (Å²) in [6, 6.07) is 20.6. The number of ether oxygens (including phenoxy) is 2. The predicted molar refractivity (Wildman–Crippen MR) is 168 cm³/mol. The van der Waals surface area contributed by atoms with Gasteiger partial charge in [-0.25, -0.2) is 0 Å². The number of benzene rings is 2. The Morgan fingerprint density at radius 3 is 2.20 bits per heavy atom. The van der Waals surface area contributed by atoms with Crippen LogP contribution in [0.15, 0.2) is 101 Å². The van der Waals surface area contributed by atoms with Crippen LogP contribution in [0.5, 0.6) is 5.75 Å². The number of unbranched alkanes of at least 4 members (excludes halogenated alkanes) is 2. The second kappa shape index (κ2) is 15.3. The van der Waals surface area contributed by atoms with Crippen LogP contribution in [0.2, 0.25) is 0 Å². The van der Waals surface area contributed by atoms with E-state index in [9.17, 15) is 10.5 Å². The van der Waals surface area contributed by atoms with Gasteiger partial charge in [0.15, 0.2) is 11.4 Å². The third kappa shape index (κ3) is 7.59. The lowest BCUT2D eigenvalue weighted by Crippen LogP contribution is -2.25. The molecule has 0 spiro atoms. The fourth-order valence-corrected chi connectivity index (χ4v) is 4.85. The predicted octanol–water partition coefficient (Wildman–Crippen LogP) is 8.79. The van der Waals surface area contributed by atoms with Crippen LogP contribution in [-0.2, 0) is 10.3 Å². The van der Waals surface area contributed by atoms with Gasteiger partial charge in [-0.05, 0) is 44.4 Å². The van der Waals surface area contributed by atoms with E-state index in [0.29, 0.717) is 16.9 Å². The molecule has 2 aromatic rings. The number of rotatable bonds is 13. The summed E-state index contributed by atoms with van der Waals surface area (Å²) in [6.45, 7) is 10.2. The number of allylic oxidation sites excluding steroid dienone is 6. The average molecular weight is 548 g/mol. The van der Waals surface area contributed by atoms with Crippen molar-refractivity contribution in [1.82, 2.24) is 0 Å². The zero-order chi connectivity index (χ0) is 29.7. The summed E-state index contributed by atoms with van der Waals surface area (Å²) in [5.74, 6) is 1.18. The van der Waals surface area contributed by atoms with E-state index < -0.39 is 5.60 Å². The Kier molecular flexibility index (Phi) is 11.6. The first-order valence-electron chi connectivity index (χ1n) is 14.4. The second-order valence-electron chi connectivity index (χ2n) is 10.2. The quantitative estimate of drug-likeness (QED) is 0.185. The molecule has 0 aromatic heterocycles. The zero-order valence-corrected chi connectivity index (χ0v) is 25.0. The molecule has 0 radical (unpaired) electrons. The fourth-order valence-electron chi connectivity index (χ4n) is 4.85. The third-order valence-electron chi connectivity index (χ3n) is 7.28. The fraction of sp³-hybridized carbons (Fsp3) is 0.333. The molecule has 212 valence electrons. The molecule has 0 aliphatic carbocycles. The summed E-state index contributed by atoms with van der Waals surface area (Å²) in [5.41, 5.74) is 3.72. The van der Waals surface area contributed by atoms with Crippen molar-refractivity contribution in [2.45, 2.75) is 59.0 Å². The Labute approximate surface area is 246 Å². The monoisotopic (exact) mass is 547 g/mol. The summed E-state index contributed by atoms with van der Waals surface area (Å²) in [6.07, 6.45) is 16.3. The first-order chi connectivity index (χ1) is 19.9. The average Bonchev–Trinajstić information content (AvgIpc) is 3.31. The van der Waals surface area contributed by atoms with Gasteiger partial charge in [-0.1, -0.05) is 93.5 Å². The van der Waals surface area contributed by atoms with Crippen molar-refractivity contribution in [1.29, 1.82) is 10.5 Å². The molecule has 0 N–H and O–H groups in total. The van der Waals surface area contributed by atoms with E-state index in [1.165, 1.54) is 31.4 Å². The lowest BCUT2D eigenvalue weighted by molar-refractivity contribution is 0.0750. The Bertz CT molecular complexity index is 1410. The summed E-state index contributed by atoms with van der Waals surface area (Å²) in [5, 5.41) is 19.5. The first-order valence-corrected chi connectivity index (χ1v) is 14.4. The summed E-state index contributed by atoms with van der Waals surface area (Å²) in [4.78, 5) is 2.45. The highest BCUT2D eigenvalue weighted by Crippen LogP contribution is 2.46. The lowest BCUT2D eigenvalue weighted by atomic mass is 9.86. The number of nitrogens with zero attached hydrogens (tertiary/aromatic N) is 3. The molecule has 1 aliphatic heterocycles. The van der Waals surface area contributed by atoms with E-state index in [0.717, 1.165) is 35.5 Å². The molecule has 0 saturated carbocycles. The maximum atomic E-state index is 9.98. The van der Waals surface area contributed by atoms with Crippen LogP contribution in [0.4, 0.5) is 5.69 Å². The van der Waals surface area contributed by atoms with E-state index in [4.69, 9.17) is 9.47 Å². The second-order valence-corrected chi connectivity index (χ2v) is 10.2. The maximum Gasteiger partial charge on any atom is 0.158 e. The topological polar surface area (TPSA) is 69.3 Å². The van der Waals surface area contributed by atoms with Crippen LogP contribution in [0.25, 0.3) is 6.08 Å². The van der Waals surface area contributed by atoms with Gasteiger partial charge in [-0.15, -0.1) is 0 Å². The maximum absolute atomic E-state index is 9.98. The normalized spacial score (nSPS) is 18.1. The van der Waals surface area contributed by atoms with Crippen LogP contribution < -0.4 is 9.64 Å². The lowest BCUT2D eigenvalue weighted by Gasteiger charge is -2.27. The molecule has 0 fully saturated rings. The standard InChI is InChI=1S/C36H41N3O2/c1-6-8-23-39(24-9-7-2)31-22-21-29(34(25-31)40-5)17-13-10-11-16-20-33-32(27-38)35(28(3)26-37)41-36(33,4)30-18-14-12-15-19-30/h10-22,25H,6-9,23-24H2,1-5H3/b11-10+,17-13+,20-16+,35-28+. The van der Waals surface area contributed by atoms with E-state index in [-0.39, 0.29) is 0 Å². The van der Waals surface area contributed by atoms with Crippen LogP contribution in [0.3, 0.4) is 0 Å². The minimum Gasteiger partial charge on any atom is -0.496 e.